The predicted molar refractivity (Wildman–Crippen MR) is 94.9 cm³/mol. The minimum atomic E-state index is -0.492. The van der Waals surface area contributed by atoms with Crippen LogP contribution in [0, 0.1) is 0 Å². The van der Waals surface area contributed by atoms with Crippen LogP contribution < -0.4 is 4.74 Å². The van der Waals surface area contributed by atoms with Crippen molar-refractivity contribution in [3.8, 4) is 5.75 Å². The van der Waals surface area contributed by atoms with Crippen LogP contribution in [0.3, 0.4) is 0 Å². The summed E-state index contributed by atoms with van der Waals surface area (Å²) in [6, 6.07) is 8.49. The molecule has 1 aromatic carbocycles. The Hall–Kier alpha value is -1.10. The molecule has 0 saturated carbocycles. The van der Waals surface area contributed by atoms with Crippen LogP contribution in [-0.4, -0.2) is 48.0 Å². The van der Waals surface area contributed by atoms with E-state index in [-0.39, 0.29) is 5.60 Å². The number of hydrogen-bond acceptors (Lipinski definition) is 4. The van der Waals surface area contributed by atoms with Gasteiger partial charge in [0.1, 0.15) is 5.75 Å². The Kier molecular flexibility index (Phi) is 8.03. The highest BCUT2D eigenvalue weighted by Gasteiger charge is 2.19. The molecule has 4 nitrogen and oxygen atoms in total. The van der Waals surface area contributed by atoms with Gasteiger partial charge in [-0.1, -0.05) is 19.1 Å². The summed E-state index contributed by atoms with van der Waals surface area (Å²) in [5, 5.41) is 10.3. The molecule has 1 aromatic rings. The number of methoxy groups -OCH3 is 1. The second kappa shape index (κ2) is 9.26. The van der Waals surface area contributed by atoms with Crippen molar-refractivity contribution in [2.45, 2.75) is 65.3 Å². The monoisotopic (exact) mass is 323 g/mol. The first-order chi connectivity index (χ1) is 10.7. The molecule has 2 atom stereocenters. The zero-order valence-electron chi connectivity index (χ0n) is 15.5. The quantitative estimate of drug-likeness (QED) is 0.755. The van der Waals surface area contributed by atoms with Crippen molar-refractivity contribution in [1.29, 1.82) is 0 Å². The fourth-order valence-electron chi connectivity index (χ4n) is 2.33. The topological polar surface area (TPSA) is 41.9 Å². The van der Waals surface area contributed by atoms with Crippen molar-refractivity contribution in [1.82, 2.24) is 4.90 Å². The summed E-state index contributed by atoms with van der Waals surface area (Å²) >= 11 is 0. The lowest BCUT2D eigenvalue weighted by molar-refractivity contribution is -0.0593. The molecule has 0 saturated heterocycles. The molecule has 0 heterocycles. The lowest BCUT2D eigenvalue weighted by Crippen LogP contribution is -2.41. The highest BCUT2D eigenvalue weighted by atomic mass is 16.5. The smallest absolute Gasteiger partial charge is 0.119 e. The molecule has 0 amide bonds. The number of aliphatic hydroxyl groups excluding tert-OH is 1. The third-order valence-electron chi connectivity index (χ3n) is 3.89. The Morgan fingerprint density at radius 2 is 1.96 bits per heavy atom. The molecule has 1 N–H and O–H groups in total. The van der Waals surface area contributed by atoms with Gasteiger partial charge in [-0.05, 0) is 51.8 Å². The number of rotatable bonds is 9. The summed E-state index contributed by atoms with van der Waals surface area (Å²) < 4.78 is 11.0. The minimum absolute atomic E-state index is 0.227. The number of hydrogen-bond donors (Lipinski definition) is 1. The van der Waals surface area contributed by atoms with Gasteiger partial charge in [0, 0.05) is 19.1 Å². The van der Waals surface area contributed by atoms with E-state index in [1.54, 1.807) is 7.11 Å². The minimum Gasteiger partial charge on any atom is -0.497 e. The maximum atomic E-state index is 10.3. The molecule has 0 aliphatic carbocycles. The molecular weight excluding hydrogens is 290 g/mol. The Bertz CT molecular complexity index is 456. The van der Waals surface area contributed by atoms with Crippen LogP contribution in [0.5, 0.6) is 5.75 Å². The zero-order chi connectivity index (χ0) is 17.5. The van der Waals surface area contributed by atoms with Gasteiger partial charge in [0.15, 0.2) is 0 Å². The van der Waals surface area contributed by atoms with Crippen LogP contribution >= 0.6 is 0 Å². The van der Waals surface area contributed by atoms with Gasteiger partial charge in [0.2, 0.25) is 0 Å². The lowest BCUT2D eigenvalue weighted by atomic mass is 10.1. The van der Waals surface area contributed by atoms with E-state index < -0.39 is 6.10 Å². The van der Waals surface area contributed by atoms with Crippen molar-refractivity contribution >= 4 is 0 Å². The Morgan fingerprint density at radius 1 is 1.26 bits per heavy atom. The maximum Gasteiger partial charge on any atom is 0.119 e. The van der Waals surface area contributed by atoms with E-state index in [4.69, 9.17) is 9.47 Å². The Balaban J connectivity index is 2.68. The van der Waals surface area contributed by atoms with Gasteiger partial charge in [-0.25, -0.2) is 0 Å². The molecule has 4 heteroatoms. The standard InChI is InChI=1S/C19H33NO3/c1-7-15(2)20(13-17(21)14-23-19(3,4)5)12-16-9-8-10-18(11-16)22-6/h8-11,15,17,21H,7,12-14H2,1-6H3/t15-,17-/m0/s1. The number of nitrogens with zero attached hydrogens (tertiary/aromatic N) is 1. The summed E-state index contributed by atoms with van der Waals surface area (Å²) in [5.41, 5.74) is 0.961. The van der Waals surface area contributed by atoms with E-state index in [1.165, 1.54) is 5.56 Å². The molecule has 0 aromatic heterocycles. The average Bonchev–Trinajstić information content (AvgIpc) is 2.51. The van der Waals surface area contributed by atoms with Gasteiger partial charge in [0.05, 0.1) is 25.4 Å². The summed E-state index contributed by atoms with van der Waals surface area (Å²) in [7, 11) is 1.68. The van der Waals surface area contributed by atoms with E-state index in [0.29, 0.717) is 19.2 Å². The Morgan fingerprint density at radius 3 is 2.52 bits per heavy atom. The number of aliphatic hydroxyl groups is 1. The average molecular weight is 323 g/mol. The summed E-state index contributed by atoms with van der Waals surface area (Å²) in [6.07, 6.45) is 0.547. The Labute approximate surface area is 141 Å². The molecular formula is C19H33NO3. The van der Waals surface area contributed by atoms with E-state index in [0.717, 1.165) is 18.7 Å². The van der Waals surface area contributed by atoms with Crippen molar-refractivity contribution in [3.63, 3.8) is 0 Å². The van der Waals surface area contributed by atoms with Gasteiger partial charge in [0.25, 0.3) is 0 Å². The van der Waals surface area contributed by atoms with Crippen molar-refractivity contribution in [2.24, 2.45) is 0 Å². The predicted octanol–water partition coefficient (Wildman–Crippen LogP) is 3.47. The fraction of sp³-hybridized carbons (Fsp3) is 0.684. The van der Waals surface area contributed by atoms with Crippen LogP contribution in [0.25, 0.3) is 0 Å². The van der Waals surface area contributed by atoms with Gasteiger partial charge < -0.3 is 14.6 Å². The highest BCUT2D eigenvalue weighted by molar-refractivity contribution is 5.28. The molecule has 0 fully saturated rings. The molecule has 0 bridgehead atoms. The third-order valence-corrected chi connectivity index (χ3v) is 3.89. The molecule has 0 spiro atoms. The molecule has 0 radical (unpaired) electrons. The first-order valence-electron chi connectivity index (χ1n) is 8.44. The van der Waals surface area contributed by atoms with E-state index in [9.17, 15) is 5.11 Å². The van der Waals surface area contributed by atoms with Crippen molar-refractivity contribution in [3.05, 3.63) is 29.8 Å². The van der Waals surface area contributed by atoms with E-state index in [2.05, 4.69) is 24.8 Å². The summed E-state index contributed by atoms with van der Waals surface area (Å²) in [6.45, 7) is 12.1. The SMILES string of the molecule is CC[C@H](C)N(Cc1cccc(OC)c1)C[C@H](O)COC(C)(C)C. The second-order valence-corrected chi connectivity index (χ2v) is 7.12. The fourth-order valence-corrected chi connectivity index (χ4v) is 2.33. The van der Waals surface area contributed by atoms with E-state index >= 15 is 0 Å². The summed E-state index contributed by atoms with van der Waals surface area (Å²) in [5.74, 6) is 0.864. The van der Waals surface area contributed by atoms with Gasteiger partial charge in [-0.15, -0.1) is 0 Å². The van der Waals surface area contributed by atoms with Gasteiger partial charge >= 0.3 is 0 Å². The largest absolute Gasteiger partial charge is 0.497 e. The zero-order valence-corrected chi connectivity index (χ0v) is 15.5. The maximum absolute atomic E-state index is 10.3. The molecule has 23 heavy (non-hydrogen) atoms. The first kappa shape index (κ1) is 19.9. The number of benzene rings is 1. The van der Waals surface area contributed by atoms with Crippen LogP contribution in [0.4, 0.5) is 0 Å². The van der Waals surface area contributed by atoms with Crippen LogP contribution in [0.15, 0.2) is 24.3 Å². The molecule has 132 valence electrons. The lowest BCUT2D eigenvalue weighted by Gasteiger charge is -2.31. The highest BCUT2D eigenvalue weighted by Crippen LogP contribution is 2.17. The number of ether oxygens (including phenoxy) is 2. The van der Waals surface area contributed by atoms with Gasteiger partial charge in [-0.2, -0.15) is 0 Å². The molecule has 0 unspecified atom stereocenters. The van der Waals surface area contributed by atoms with Crippen molar-refractivity contribution < 1.29 is 14.6 Å². The van der Waals surface area contributed by atoms with Crippen LogP contribution in [0.2, 0.25) is 0 Å². The third kappa shape index (κ3) is 7.82. The van der Waals surface area contributed by atoms with E-state index in [1.807, 2.05) is 39.0 Å². The van der Waals surface area contributed by atoms with Gasteiger partial charge in [-0.3, -0.25) is 4.90 Å². The molecule has 0 aliphatic heterocycles. The molecule has 1 rings (SSSR count). The molecule has 0 aliphatic rings. The normalized spacial score (nSPS) is 14.8. The van der Waals surface area contributed by atoms with Crippen LogP contribution in [-0.2, 0) is 11.3 Å². The first-order valence-corrected chi connectivity index (χ1v) is 8.44. The second-order valence-electron chi connectivity index (χ2n) is 7.12. The summed E-state index contributed by atoms with van der Waals surface area (Å²) in [4.78, 5) is 2.30. The van der Waals surface area contributed by atoms with Crippen LogP contribution in [0.1, 0.15) is 46.6 Å². The van der Waals surface area contributed by atoms with Crippen molar-refractivity contribution in [2.75, 3.05) is 20.3 Å².